The number of aromatic nitrogens is 1. The molecule has 9 nitrogen and oxygen atoms in total. The second-order valence-electron chi connectivity index (χ2n) is 10.4. The molecule has 2 aromatic heterocycles. The van der Waals surface area contributed by atoms with Gasteiger partial charge in [-0.05, 0) is 81.0 Å². The Morgan fingerprint density at radius 2 is 1.79 bits per heavy atom. The third-order valence-corrected chi connectivity index (χ3v) is 8.59. The van der Waals surface area contributed by atoms with Crippen LogP contribution in [0.2, 0.25) is 0 Å². The number of carbonyl (C=O) groups excluding carboxylic acids is 2. The van der Waals surface area contributed by atoms with Gasteiger partial charge in [-0.2, -0.15) is 0 Å². The molecule has 218 valence electrons. The standard InChI is InChI=1S/C31H32FN5O4S/c1-2-37-11-9-21(10-12-37)33-18-23-5-3-20-16-28(42-31(20)35-23)30(39)36-25-17-22(6-7-24(25)32)34-29(38)19-4-8-26-27(15-19)41-14-13-40-26/h3-8,15-17,21,33H,2,9-14,18H2,1H3,(H,34,38)(H,36,39). The predicted octanol–water partition coefficient (Wildman–Crippen LogP) is 5.29. The van der Waals surface area contributed by atoms with E-state index in [-0.39, 0.29) is 5.69 Å². The summed E-state index contributed by atoms with van der Waals surface area (Å²) >= 11 is 1.26. The monoisotopic (exact) mass is 589 g/mol. The Labute approximate surface area is 247 Å². The van der Waals surface area contributed by atoms with Crippen molar-refractivity contribution in [3.63, 3.8) is 0 Å². The normalized spacial score (nSPS) is 15.5. The summed E-state index contributed by atoms with van der Waals surface area (Å²) in [4.78, 5) is 34.3. The average Bonchev–Trinajstić information content (AvgIpc) is 3.45. The fourth-order valence-corrected chi connectivity index (χ4v) is 6.08. The van der Waals surface area contributed by atoms with Gasteiger partial charge in [0.25, 0.3) is 11.8 Å². The quantitative estimate of drug-likeness (QED) is 0.257. The van der Waals surface area contributed by atoms with Crippen LogP contribution in [0.15, 0.2) is 54.6 Å². The summed E-state index contributed by atoms with van der Waals surface area (Å²) in [7, 11) is 0. The zero-order valence-corrected chi connectivity index (χ0v) is 24.1. The van der Waals surface area contributed by atoms with Crippen molar-refractivity contribution in [2.45, 2.75) is 32.4 Å². The van der Waals surface area contributed by atoms with E-state index >= 15 is 0 Å². The number of ether oxygens (including phenoxy) is 2. The van der Waals surface area contributed by atoms with Gasteiger partial charge in [-0.25, -0.2) is 9.37 Å². The summed E-state index contributed by atoms with van der Waals surface area (Å²) in [5, 5.41) is 9.85. The Morgan fingerprint density at radius 1 is 0.976 bits per heavy atom. The maximum Gasteiger partial charge on any atom is 0.265 e. The fraction of sp³-hybridized carbons (Fsp3) is 0.323. The molecule has 2 aromatic carbocycles. The second kappa shape index (κ2) is 12.4. The number of hydrogen-bond donors (Lipinski definition) is 3. The number of amides is 2. The maximum atomic E-state index is 14.7. The second-order valence-corrected chi connectivity index (χ2v) is 11.4. The topological polar surface area (TPSA) is 105 Å². The number of hydrogen-bond acceptors (Lipinski definition) is 8. The van der Waals surface area contributed by atoms with Gasteiger partial charge in [-0.3, -0.25) is 9.59 Å². The number of pyridine rings is 1. The minimum atomic E-state index is -0.613. The molecule has 6 rings (SSSR count). The van der Waals surface area contributed by atoms with Crippen LogP contribution in [0.1, 0.15) is 45.5 Å². The van der Waals surface area contributed by atoms with E-state index < -0.39 is 17.6 Å². The van der Waals surface area contributed by atoms with Crippen molar-refractivity contribution < 1.29 is 23.5 Å². The summed E-state index contributed by atoms with van der Waals surface area (Å²) < 4.78 is 25.7. The number of nitrogens with one attached hydrogen (secondary N) is 3. The smallest absolute Gasteiger partial charge is 0.265 e. The molecule has 1 saturated heterocycles. The van der Waals surface area contributed by atoms with Crippen molar-refractivity contribution in [3.8, 4) is 11.5 Å². The Kier molecular flexibility index (Phi) is 8.31. The molecule has 3 N–H and O–H groups in total. The SMILES string of the molecule is CCN1CCC(NCc2ccc3cc(C(=O)Nc4cc(NC(=O)c5ccc6c(c5)OCCO6)ccc4F)sc3n2)CC1. The number of rotatable bonds is 8. The largest absolute Gasteiger partial charge is 0.486 e. The van der Waals surface area contributed by atoms with Crippen LogP contribution in [0.25, 0.3) is 10.2 Å². The molecular weight excluding hydrogens is 557 g/mol. The lowest BCUT2D eigenvalue weighted by Gasteiger charge is -2.31. The number of anilines is 2. The molecular formula is C31H32FN5O4S. The lowest BCUT2D eigenvalue weighted by molar-refractivity contribution is 0.102. The first-order valence-electron chi connectivity index (χ1n) is 14.1. The van der Waals surface area contributed by atoms with Crippen molar-refractivity contribution in [1.29, 1.82) is 0 Å². The Bertz CT molecular complexity index is 1620. The lowest BCUT2D eigenvalue weighted by atomic mass is 10.1. The maximum absolute atomic E-state index is 14.7. The van der Waals surface area contributed by atoms with E-state index in [0.29, 0.717) is 53.4 Å². The number of halogens is 1. The highest BCUT2D eigenvalue weighted by molar-refractivity contribution is 7.20. The summed E-state index contributed by atoms with van der Waals surface area (Å²) in [5.41, 5.74) is 1.58. The minimum absolute atomic E-state index is 0.0376. The third kappa shape index (κ3) is 6.38. The summed E-state index contributed by atoms with van der Waals surface area (Å²) in [5.74, 6) is -0.387. The van der Waals surface area contributed by atoms with E-state index in [1.54, 1.807) is 24.3 Å². The van der Waals surface area contributed by atoms with E-state index in [2.05, 4.69) is 27.8 Å². The molecule has 2 amide bonds. The zero-order chi connectivity index (χ0) is 29.1. The van der Waals surface area contributed by atoms with E-state index in [4.69, 9.17) is 14.5 Å². The van der Waals surface area contributed by atoms with Crippen molar-refractivity contribution in [2.75, 3.05) is 43.5 Å². The van der Waals surface area contributed by atoms with Gasteiger partial charge in [0.1, 0.15) is 23.9 Å². The van der Waals surface area contributed by atoms with Crippen LogP contribution < -0.4 is 25.4 Å². The summed E-state index contributed by atoms with van der Waals surface area (Å²) in [6.45, 7) is 7.04. The predicted molar refractivity (Wildman–Crippen MR) is 161 cm³/mol. The van der Waals surface area contributed by atoms with Crippen LogP contribution in [-0.4, -0.2) is 60.6 Å². The molecule has 0 unspecified atom stereocenters. The van der Waals surface area contributed by atoms with Crippen LogP contribution in [0.4, 0.5) is 15.8 Å². The Balaban J connectivity index is 1.09. The molecule has 11 heteroatoms. The lowest BCUT2D eigenvalue weighted by Crippen LogP contribution is -2.42. The number of thiophene rings is 1. The molecule has 4 aromatic rings. The Morgan fingerprint density at radius 3 is 2.60 bits per heavy atom. The van der Waals surface area contributed by atoms with Gasteiger partial charge >= 0.3 is 0 Å². The van der Waals surface area contributed by atoms with Crippen molar-refractivity contribution >= 4 is 44.7 Å². The van der Waals surface area contributed by atoms with Crippen LogP contribution >= 0.6 is 11.3 Å². The van der Waals surface area contributed by atoms with Crippen LogP contribution in [0, 0.1) is 5.82 Å². The van der Waals surface area contributed by atoms with Gasteiger partial charge in [0, 0.05) is 29.2 Å². The van der Waals surface area contributed by atoms with Crippen LogP contribution in [0.3, 0.4) is 0 Å². The van der Waals surface area contributed by atoms with Gasteiger partial charge in [0.2, 0.25) is 0 Å². The summed E-state index contributed by atoms with van der Waals surface area (Å²) in [6, 6.07) is 15.1. The first-order chi connectivity index (χ1) is 20.4. The zero-order valence-electron chi connectivity index (χ0n) is 23.2. The first-order valence-corrected chi connectivity index (χ1v) is 14.9. The number of piperidine rings is 1. The minimum Gasteiger partial charge on any atom is -0.486 e. The number of nitrogens with zero attached hydrogens (tertiary/aromatic N) is 2. The van der Waals surface area contributed by atoms with Gasteiger partial charge in [-0.1, -0.05) is 13.0 Å². The molecule has 0 aliphatic carbocycles. The van der Waals surface area contributed by atoms with E-state index in [1.807, 2.05) is 12.1 Å². The van der Waals surface area contributed by atoms with Gasteiger partial charge in [-0.15, -0.1) is 11.3 Å². The average molecular weight is 590 g/mol. The van der Waals surface area contributed by atoms with Gasteiger partial charge in [0.15, 0.2) is 11.5 Å². The number of fused-ring (bicyclic) bond motifs is 2. The van der Waals surface area contributed by atoms with Crippen LogP contribution in [-0.2, 0) is 6.54 Å². The molecule has 2 aliphatic rings. The van der Waals surface area contributed by atoms with Crippen LogP contribution in [0.5, 0.6) is 11.5 Å². The molecule has 1 fully saturated rings. The summed E-state index contributed by atoms with van der Waals surface area (Å²) in [6.07, 6.45) is 2.25. The van der Waals surface area contributed by atoms with Crippen molar-refractivity contribution in [2.24, 2.45) is 0 Å². The third-order valence-electron chi connectivity index (χ3n) is 7.55. The molecule has 0 radical (unpaired) electrons. The molecule has 0 atom stereocenters. The van der Waals surface area contributed by atoms with Crippen molar-refractivity contribution in [3.05, 3.63) is 76.5 Å². The van der Waals surface area contributed by atoms with E-state index in [9.17, 15) is 14.0 Å². The molecule has 2 aliphatic heterocycles. The molecule has 4 heterocycles. The molecule has 0 spiro atoms. The highest BCUT2D eigenvalue weighted by atomic mass is 32.1. The molecule has 0 bridgehead atoms. The first kappa shape index (κ1) is 28.1. The van der Waals surface area contributed by atoms with Gasteiger partial charge < -0.3 is 30.3 Å². The molecule has 42 heavy (non-hydrogen) atoms. The Hall–Kier alpha value is -4.06. The number of benzene rings is 2. The highest BCUT2D eigenvalue weighted by Gasteiger charge is 2.19. The fourth-order valence-electron chi connectivity index (χ4n) is 5.14. The van der Waals surface area contributed by atoms with Gasteiger partial charge in [0.05, 0.1) is 16.3 Å². The van der Waals surface area contributed by atoms with Crippen molar-refractivity contribution in [1.82, 2.24) is 15.2 Å². The number of carbonyl (C=O) groups is 2. The molecule has 0 saturated carbocycles. The van der Waals surface area contributed by atoms with E-state index in [0.717, 1.165) is 48.4 Å². The number of likely N-dealkylation sites (tertiary alicyclic amines) is 1. The highest BCUT2D eigenvalue weighted by Crippen LogP contribution is 2.31. The van der Waals surface area contributed by atoms with E-state index in [1.165, 1.54) is 29.5 Å².